The van der Waals surface area contributed by atoms with Crippen LogP contribution in [0, 0.1) is 0 Å². The number of amides is 2. The van der Waals surface area contributed by atoms with Gasteiger partial charge in [0, 0.05) is 0 Å². The van der Waals surface area contributed by atoms with Gasteiger partial charge in [-0.3, -0.25) is 15.4 Å². The van der Waals surface area contributed by atoms with Gasteiger partial charge >= 0.3 is 6.09 Å². The van der Waals surface area contributed by atoms with Crippen LogP contribution in [0.1, 0.15) is 25.6 Å². The summed E-state index contributed by atoms with van der Waals surface area (Å²) in [7, 11) is 1.20. The molecule has 0 spiro atoms. The van der Waals surface area contributed by atoms with Crippen molar-refractivity contribution in [1.82, 2.24) is 10.6 Å². The number of imide groups is 1. The van der Waals surface area contributed by atoms with Gasteiger partial charge in [0.05, 0.1) is 25.5 Å². The van der Waals surface area contributed by atoms with Crippen LogP contribution in [0.15, 0.2) is 22.8 Å². The van der Waals surface area contributed by atoms with Crippen molar-refractivity contribution < 1.29 is 18.7 Å². The molecular weight excluding hydrogens is 224 g/mol. The average molecular weight is 240 g/mol. The molecule has 1 aromatic heterocycles. The first-order valence-corrected chi connectivity index (χ1v) is 5.23. The van der Waals surface area contributed by atoms with Crippen molar-refractivity contribution in [3.63, 3.8) is 0 Å². The summed E-state index contributed by atoms with van der Waals surface area (Å²) in [5.41, 5.74) is 0. The molecule has 0 aliphatic carbocycles. The van der Waals surface area contributed by atoms with Gasteiger partial charge in [-0.25, -0.2) is 4.79 Å². The zero-order chi connectivity index (χ0) is 12.8. The van der Waals surface area contributed by atoms with Crippen molar-refractivity contribution in [2.24, 2.45) is 0 Å². The third-order valence-electron chi connectivity index (χ3n) is 2.27. The van der Waals surface area contributed by atoms with Crippen molar-refractivity contribution in [3.8, 4) is 0 Å². The fourth-order valence-corrected chi connectivity index (χ4v) is 1.33. The molecule has 1 heterocycles. The largest absolute Gasteiger partial charge is 0.468 e. The van der Waals surface area contributed by atoms with E-state index in [1.807, 2.05) is 13.0 Å². The van der Waals surface area contributed by atoms with Gasteiger partial charge in [0.15, 0.2) is 0 Å². The third-order valence-corrected chi connectivity index (χ3v) is 2.27. The SMILES string of the molecule is COC(=O)NC(=O)[C@H](C)N[C@@H](C)c1ccco1. The molecule has 0 unspecified atom stereocenters. The van der Waals surface area contributed by atoms with Gasteiger partial charge in [-0.05, 0) is 26.0 Å². The lowest BCUT2D eigenvalue weighted by atomic mass is 10.2. The lowest BCUT2D eigenvalue weighted by Gasteiger charge is -2.17. The van der Waals surface area contributed by atoms with Crippen molar-refractivity contribution in [2.75, 3.05) is 7.11 Å². The Labute approximate surface area is 99.3 Å². The number of hydrogen-bond donors (Lipinski definition) is 2. The second-order valence-electron chi connectivity index (χ2n) is 3.61. The normalized spacial score (nSPS) is 13.8. The maximum atomic E-state index is 11.5. The maximum absolute atomic E-state index is 11.5. The molecule has 0 aliphatic heterocycles. The van der Waals surface area contributed by atoms with E-state index in [9.17, 15) is 9.59 Å². The molecule has 2 amide bonds. The summed E-state index contributed by atoms with van der Waals surface area (Å²) in [6.45, 7) is 3.51. The minimum atomic E-state index is -0.769. The van der Waals surface area contributed by atoms with Gasteiger partial charge < -0.3 is 9.15 Å². The standard InChI is InChI=1S/C11H16N2O4/c1-7(9-5-4-6-17-9)12-8(2)10(14)13-11(15)16-3/h4-8,12H,1-3H3,(H,13,14,15)/t7-,8-/m0/s1. The third kappa shape index (κ3) is 3.92. The van der Waals surface area contributed by atoms with Crippen LogP contribution >= 0.6 is 0 Å². The highest BCUT2D eigenvalue weighted by Crippen LogP contribution is 2.12. The Bertz CT molecular complexity index is 375. The molecule has 6 nitrogen and oxygen atoms in total. The van der Waals surface area contributed by atoms with E-state index in [2.05, 4.69) is 15.4 Å². The second kappa shape index (κ2) is 6.05. The van der Waals surface area contributed by atoms with Gasteiger partial charge in [-0.15, -0.1) is 0 Å². The van der Waals surface area contributed by atoms with Crippen molar-refractivity contribution in [2.45, 2.75) is 25.9 Å². The molecule has 6 heteroatoms. The molecule has 0 saturated carbocycles. The molecule has 0 fully saturated rings. The highest BCUT2D eigenvalue weighted by atomic mass is 16.5. The number of carbonyl (C=O) groups excluding carboxylic acids is 2. The van der Waals surface area contributed by atoms with Crippen LogP contribution < -0.4 is 10.6 Å². The molecule has 0 aromatic carbocycles. The smallest absolute Gasteiger partial charge is 0.413 e. The Morgan fingerprint density at radius 3 is 2.65 bits per heavy atom. The fourth-order valence-electron chi connectivity index (χ4n) is 1.33. The molecule has 17 heavy (non-hydrogen) atoms. The second-order valence-corrected chi connectivity index (χ2v) is 3.61. The van der Waals surface area contributed by atoms with Gasteiger partial charge in [-0.2, -0.15) is 0 Å². The topological polar surface area (TPSA) is 80.6 Å². The minimum Gasteiger partial charge on any atom is -0.468 e. The van der Waals surface area contributed by atoms with E-state index < -0.39 is 18.0 Å². The quantitative estimate of drug-likeness (QED) is 0.826. The van der Waals surface area contributed by atoms with Crippen LogP contribution in [0.25, 0.3) is 0 Å². The molecule has 94 valence electrons. The van der Waals surface area contributed by atoms with E-state index in [0.717, 1.165) is 5.76 Å². The highest BCUT2D eigenvalue weighted by Gasteiger charge is 2.19. The van der Waals surface area contributed by atoms with E-state index in [0.29, 0.717) is 0 Å². The fraction of sp³-hybridized carbons (Fsp3) is 0.455. The lowest BCUT2D eigenvalue weighted by Crippen LogP contribution is -2.45. The van der Waals surface area contributed by atoms with Gasteiger partial charge in [0.1, 0.15) is 5.76 Å². The first-order chi connectivity index (χ1) is 8.04. The number of nitrogens with one attached hydrogen (secondary N) is 2. The van der Waals surface area contributed by atoms with Crippen molar-refractivity contribution >= 4 is 12.0 Å². The molecule has 1 aromatic rings. The Morgan fingerprint density at radius 2 is 2.12 bits per heavy atom. The zero-order valence-electron chi connectivity index (χ0n) is 10.0. The van der Waals surface area contributed by atoms with Gasteiger partial charge in [0.2, 0.25) is 5.91 Å². The van der Waals surface area contributed by atoms with Crippen molar-refractivity contribution in [3.05, 3.63) is 24.2 Å². The molecule has 0 radical (unpaired) electrons. The number of ether oxygens (including phenoxy) is 1. The summed E-state index contributed by atoms with van der Waals surface area (Å²) in [6.07, 6.45) is 0.793. The van der Waals surface area contributed by atoms with Crippen LogP contribution in [0.4, 0.5) is 4.79 Å². The monoisotopic (exact) mass is 240 g/mol. The Kier molecular flexibility index (Phi) is 4.71. The number of rotatable bonds is 4. The average Bonchev–Trinajstić information content (AvgIpc) is 2.82. The molecule has 1 rings (SSSR count). The van der Waals surface area contributed by atoms with E-state index >= 15 is 0 Å². The van der Waals surface area contributed by atoms with Crippen LogP contribution in [0.2, 0.25) is 0 Å². The molecule has 2 N–H and O–H groups in total. The lowest BCUT2D eigenvalue weighted by molar-refractivity contribution is -0.122. The summed E-state index contributed by atoms with van der Waals surface area (Å²) in [4.78, 5) is 22.4. The predicted octanol–water partition coefficient (Wildman–Crippen LogP) is 1.20. The maximum Gasteiger partial charge on any atom is 0.413 e. The number of alkyl carbamates (subject to hydrolysis) is 1. The van der Waals surface area contributed by atoms with Crippen LogP contribution in [-0.4, -0.2) is 25.2 Å². The molecule has 2 atom stereocenters. The highest BCUT2D eigenvalue weighted by molar-refractivity contribution is 5.94. The number of carbonyl (C=O) groups is 2. The van der Waals surface area contributed by atoms with Crippen LogP contribution in [0.5, 0.6) is 0 Å². The first-order valence-electron chi connectivity index (χ1n) is 5.23. The van der Waals surface area contributed by atoms with Crippen LogP contribution in [0.3, 0.4) is 0 Å². The summed E-state index contributed by atoms with van der Waals surface area (Å²) < 4.78 is 9.52. The number of hydrogen-bond acceptors (Lipinski definition) is 5. The minimum absolute atomic E-state index is 0.122. The number of methoxy groups -OCH3 is 1. The first kappa shape index (κ1) is 13.2. The Hall–Kier alpha value is -1.82. The number of furan rings is 1. The summed E-state index contributed by atoms with van der Waals surface area (Å²) in [5.74, 6) is 0.276. The molecule has 0 bridgehead atoms. The van der Waals surface area contributed by atoms with Crippen LogP contribution in [-0.2, 0) is 9.53 Å². The van der Waals surface area contributed by atoms with E-state index in [4.69, 9.17) is 4.42 Å². The van der Waals surface area contributed by atoms with Crippen molar-refractivity contribution in [1.29, 1.82) is 0 Å². The molecule has 0 aliphatic rings. The summed E-state index contributed by atoms with van der Waals surface area (Å²) in [6, 6.07) is 2.92. The van der Waals surface area contributed by atoms with E-state index in [-0.39, 0.29) is 6.04 Å². The van der Waals surface area contributed by atoms with Gasteiger partial charge in [-0.1, -0.05) is 0 Å². The zero-order valence-corrected chi connectivity index (χ0v) is 10.0. The van der Waals surface area contributed by atoms with E-state index in [1.165, 1.54) is 7.11 Å². The Morgan fingerprint density at radius 1 is 1.41 bits per heavy atom. The summed E-state index contributed by atoms with van der Waals surface area (Å²) in [5, 5.41) is 5.08. The van der Waals surface area contributed by atoms with E-state index in [1.54, 1.807) is 19.3 Å². The predicted molar refractivity (Wildman–Crippen MR) is 60.3 cm³/mol. The summed E-state index contributed by atoms with van der Waals surface area (Å²) >= 11 is 0. The Balaban J connectivity index is 2.46. The molecular formula is C11H16N2O4. The molecule has 0 saturated heterocycles. The van der Waals surface area contributed by atoms with Gasteiger partial charge in [0.25, 0.3) is 0 Å².